The number of carbonyl (C=O) groups is 1. The van der Waals surface area contributed by atoms with Gasteiger partial charge in [-0.15, -0.1) is 0 Å². The van der Waals surface area contributed by atoms with Crippen molar-refractivity contribution in [2.24, 2.45) is 5.10 Å². The zero-order valence-electron chi connectivity index (χ0n) is 11.4. The topological polar surface area (TPSA) is 59.9 Å². The lowest BCUT2D eigenvalue weighted by Crippen LogP contribution is -2.18. The van der Waals surface area contributed by atoms with E-state index < -0.39 is 6.09 Å². The van der Waals surface area contributed by atoms with Crippen molar-refractivity contribution in [1.29, 1.82) is 0 Å². The van der Waals surface area contributed by atoms with Gasteiger partial charge >= 0.3 is 6.09 Å². The summed E-state index contributed by atoms with van der Waals surface area (Å²) in [5, 5.41) is 5.98. The Bertz CT molecular complexity index is 638. The molecule has 2 aromatic rings. The number of nitrogens with one attached hydrogen (secondary N) is 1. The lowest BCUT2D eigenvalue weighted by molar-refractivity contribution is 0.152. The first-order valence-corrected chi connectivity index (χ1v) is 6.26. The van der Waals surface area contributed by atoms with E-state index in [2.05, 4.69) is 10.5 Å². The average molecular weight is 272 g/mol. The molecule has 0 unspecified atom stereocenters. The highest BCUT2D eigenvalue weighted by Crippen LogP contribution is 2.21. The Labute approximate surface area is 117 Å². The summed E-state index contributed by atoms with van der Waals surface area (Å²) in [6.45, 7) is 2.06. The van der Waals surface area contributed by atoms with Crippen molar-refractivity contribution < 1.29 is 14.3 Å². The second-order valence-corrected chi connectivity index (χ2v) is 4.06. The van der Waals surface area contributed by atoms with Gasteiger partial charge in [0.1, 0.15) is 5.75 Å². The number of amides is 1. The molecule has 0 aliphatic rings. The summed E-state index contributed by atoms with van der Waals surface area (Å²) >= 11 is 0. The zero-order valence-corrected chi connectivity index (χ0v) is 11.4. The second-order valence-electron chi connectivity index (χ2n) is 4.06. The maximum Gasteiger partial charge on any atom is 0.427 e. The van der Waals surface area contributed by atoms with Crippen LogP contribution in [0.4, 0.5) is 4.79 Å². The predicted molar refractivity (Wildman–Crippen MR) is 78.3 cm³/mol. The molecule has 0 radical (unpaired) electrons. The van der Waals surface area contributed by atoms with Gasteiger partial charge in [0.2, 0.25) is 0 Å². The van der Waals surface area contributed by atoms with Crippen molar-refractivity contribution >= 4 is 23.1 Å². The molecule has 104 valence electrons. The summed E-state index contributed by atoms with van der Waals surface area (Å²) in [6, 6.07) is 11.7. The zero-order chi connectivity index (χ0) is 14.4. The Morgan fingerprint density at radius 3 is 2.75 bits per heavy atom. The average Bonchev–Trinajstić information content (AvgIpc) is 2.47. The fourth-order valence-electron chi connectivity index (χ4n) is 1.77. The second kappa shape index (κ2) is 6.56. The standard InChI is InChI=1S/C15H16N2O3/c1-3-20-15(18)17-16-10-11-4-5-13-9-14(19-2)7-6-12(13)8-11/h4-10H,3H2,1-2H3,(H,17,18)/b16-10+. The number of benzene rings is 2. The number of fused-ring (bicyclic) bond motifs is 1. The van der Waals surface area contributed by atoms with Crippen molar-refractivity contribution in [3.05, 3.63) is 42.0 Å². The first-order chi connectivity index (χ1) is 9.72. The Morgan fingerprint density at radius 2 is 2.00 bits per heavy atom. The van der Waals surface area contributed by atoms with Gasteiger partial charge in [0.15, 0.2) is 0 Å². The maximum atomic E-state index is 11.1. The van der Waals surface area contributed by atoms with Crippen LogP contribution in [0.15, 0.2) is 41.5 Å². The fraction of sp³-hybridized carbons (Fsp3) is 0.200. The van der Waals surface area contributed by atoms with Gasteiger partial charge < -0.3 is 9.47 Å². The van der Waals surface area contributed by atoms with Gasteiger partial charge in [0.25, 0.3) is 0 Å². The Morgan fingerprint density at radius 1 is 1.25 bits per heavy atom. The molecule has 0 aliphatic heterocycles. The summed E-state index contributed by atoms with van der Waals surface area (Å²) in [5.74, 6) is 0.822. The van der Waals surface area contributed by atoms with Crippen molar-refractivity contribution in [2.75, 3.05) is 13.7 Å². The van der Waals surface area contributed by atoms with Crippen molar-refractivity contribution in [2.45, 2.75) is 6.92 Å². The molecule has 2 aromatic carbocycles. The number of ether oxygens (including phenoxy) is 2. The highest BCUT2D eigenvalue weighted by molar-refractivity contribution is 5.91. The third-order valence-electron chi connectivity index (χ3n) is 2.72. The largest absolute Gasteiger partial charge is 0.497 e. The van der Waals surface area contributed by atoms with Crippen LogP contribution in [0.25, 0.3) is 10.8 Å². The number of rotatable bonds is 4. The lowest BCUT2D eigenvalue weighted by atomic mass is 10.1. The molecule has 0 aromatic heterocycles. The molecule has 0 bridgehead atoms. The van der Waals surface area contributed by atoms with E-state index in [4.69, 9.17) is 9.47 Å². The smallest absolute Gasteiger partial charge is 0.427 e. The van der Waals surface area contributed by atoms with E-state index >= 15 is 0 Å². The Hall–Kier alpha value is -2.56. The molecule has 20 heavy (non-hydrogen) atoms. The Balaban J connectivity index is 2.12. The molecule has 0 aliphatic carbocycles. The van der Waals surface area contributed by atoms with Crippen LogP contribution in [0.3, 0.4) is 0 Å². The maximum absolute atomic E-state index is 11.1. The third-order valence-corrected chi connectivity index (χ3v) is 2.72. The molecule has 0 fully saturated rings. The molecule has 0 atom stereocenters. The van der Waals surface area contributed by atoms with Crippen LogP contribution in [0, 0.1) is 0 Å². The number of carbonyl (C=O) groups excluding carboxylic acids is 1. The first-order valence-electron chi connectivity index (χ1n) is 6.26. The molecule has 5 heteroatoms. The fourth-order valence-corrected chi connectivity index (χ4v) is 1.77. The quantitative estimate of drug-likeness (QED) is 0.687. The summed E-state index contributed by atoms with van der Waals surface area (Å²) in [6.07, 6.45) is 1.01. The summed E-state index contributed by atoms with van der Waals surface area (Å²) in [5.41, 5.74) is 3.18. The van der Waals surface area contributed by atoms with E-state index in [1.807, 2.05) is 36.4 Å². The summed E-state index contributed by atoms with van der Waals surface area (Å²) in [7, 11) is 1.64. The first kappa shape index (κ1) is 13.9. The van der Waals surface area contributed by atoms with Crippen LogP contribution < -0.4 is 10.2 Å². The lowest BCUT2D eigenvalue weighted by Gasteiger charge is -2.03. The van der Waals surface area contributed by atoms with Crippen LogP contribution in [0.1, 0.15) is 12.5 Å². The normalized spacial score (nSPS) is 10.7. The van der Waals surface area contributed by atoms with Gasteiger partial charge in [-0.05, 0) is 41.5 Å². The van der Waals surface area contributed by atoms with Crippen molar-refractivity contribution in [3.63, 3.8) is 0 Å². The van der Waals surface area contributed by atoms with E-state index in [1.54, 1.807) is 20.2 Å². The van der Waals surface area contributed by atoms with E-state index in [0.717, 1.165) is 22.1 Å². The van der Waals surface area contributed by atoms with Crippen molar-refractivity contribution in [3.8, 4) is 5.75 Å². The highest BCUT2D eigenvalue weighted by Gasteiger charge is 1.98. The van der Waals surface area contributed by atoms with E-state index in [1.165, 1.54) is 0 Å². The minimum absolute atomic E-state index is 0.319. The van der Waals surface area contributed by atoms with Gasteiger partial charge in [-0.3, -0.25) is 0 Å². The van der Waals surface area contributed by atoms with Crippen LogP contribution in [-0.2, 0) is 4.74 Å². The molecule has 5 nitrogen and oxygen atoms in total. The van der Waals surface area contributed by atoms with E-state index in [9.17, 15) is 4.79 Å². The monoisotopic (exact) mass is 272 g/mol. The SMILES string of the molecule is CCOC(=O)N/N=C/c1ccc2cc(OC)ccc2c1. The summed E-state index contributed by atoms with van der Waals surface area (Å²) < 4.78 is 9.88. The van der Waals surface area contributed by atoms with Crippen LogP contribution in [0.5, 0.6) is 5.75 Å². The van der Waals surface area contributed by atoms with Gasteiger partial charge in [0.05, 0.1) is 19.9 Å². The number of hydrazone groups is 1. The molecule has 1 N–H and O–H groups in total. The van der Waals surface area contributed by atoms with E-state index in [0.29, 0.717) is 6.61 Å². The molecular formula is C15H16N2O3. The molecule has 1 amide bonds. The van der Waals surface area contributed by atoms with Crippen LogP contribution >= 0.6 is 0 Å². The number of hydrogen-bond acceptors (Lipinski definition) is 4. The summed E-state index contributed by atoms with van der Waals surface area (Å²) in [4.78, 5) is 11.1. The number of hydrogen-bond donors (Lipinski definition) is 1. The minimum Gasteiger partial charge on any atom is -0.497 e. The predicted octanol–water partition coefficient (Wildman–Crippen LogP) is 2.93. The van der Waals surface area contributed by atoms with Crippen LogP contribution in [-0.4, -0.2) is 26.0 Å². The Kier molecular flexibility index (Phi) is 4.55. The minimum atomic E-state index is -0.561. The molecule has 0 heterocycles. The van der Waals surface area contributed by atoms with Gasteiger partial charge in [-0.25, -0.2) is 10.2 Å². The molecule has 0 saturated carbocycles. The number of methoxy groups -OCH3 is 1. The molecule has 2 rings (SSSR count). The molecule has 0 saturated heterocycles. The van der Waals surface area contributed by atoms with Gasteiger partial charge in [0, 0.05) is 0 Å². The molecule has 0 spiro atoms. The van der Waals surface area contributed by atoms with Gasteiger partial charge in [-0.1, -0.05) is 18.2 Å². The van der Waals surface area contributed by atoms with Crippen LogP contribution in [0.2, 0.25) is 0 Å². The van der Waals surface area contributed by atoms with Gasteiger partial charge in [-0.2, -0.15) is 5.10 Å². The van der Waals surface area contributed by atoms with Crippen molar-refractivity contribution in [1.82, 2.24) is 5.43 Å². The number of nitrogens with zero attached hydrogens (tertiary/aromatic N) is 1. The van der Waals surface area contributed by atoms with E-state index in [-0.39, 0.29) is 0 Å². The molecular weight excluding hydrogens is 256 g/mol. The third kappa shape index (κ3) is 3.47. The highest BCUT2D eigenvalue weighted by atomic mass is 16.5.